The number of aliphatic hydroxyl groups is 2. The molecule has 1 aromatic rings. The first kappa shape index (κ1) is 15.4. The Labute approximate surface area is 112 Å². The number of ether oxygens (including phenoxy) is 1. The molecule has 19 heavy (non-hydrogen) atoms. The third kappa shape index (κ3) is 5.23. The molecule has 4 N–H and O–H groups in total. The maximum atomic E-state index is 9.69. The van der Waals surface area contributed by atoms with Crippen molar-refractivity contribution in [2.75, 3.05) is 37.4 Å². The molecule has 1 atom stereocenters. The fraction of sp³-hybridized carbons (Fsp3) is 0.727. The summed E-state index contributed by atoms with van der Waals surface area (Å²) in [4.78, 5) is 12.2. The van der Waals surface area contributed by atoms with E-state index in [9.17, 15) is 5.11 Å². The lowest BCUT2D eigenvalue weighted by Gasteiger charge is -2.20. The molecule has 0 saturated heterocycles. The van der Waals surface area contributed by atoms with Crippen LogP contribution >= 0.6 is 0 Å². The molecule has 8 nitrogen and oxygen atoms in total. The summed E-state index contributed by atoms with van der Waals surface area (Å²) in [5.41, 5.74) is -1.24. The van der Waals surface area contributed by atoms with Gasteiger partial charge in [0, 0.05) is 13.6 Å². The van der Waals surface area contributed by atoms with Gasteiger partial charge in [0.25, 0.3) is 0 Å². The first-order valence-electron chi connectivity index (χ1n) is 6.14. The van der Waals surface area contributed by atoms with E-state index in [1.165, 1.54) is 6.92 Å². The lowest BCUT2D eigenvalue weighted by molar-refractivity contribution is 0.0131. The predicted octanol–water partition coefficient (Wildman–Crippen LogP) is -0.143. The lowest BCUT2D eigenvalue weighted by atomic mass is 10.1. The summed E-state index contributed by atoms with van der Waals surface area (Å²) in [7, 11) is 1.69. The van der Waals surface area contributed by atoms with Crippen molar-refractivity contribution in [2.45, 2.75) is 25.9 Å². The highest BCUT2D eigenvalue weighted by molar-refractivity contribution is 5.35. The summed E-state index contributed by atoms with van der Waals surface area (Å²) in [6.07, 6.45) is 0.850. The average molecular weight is 271 g/mol. The number of hydrogen-bond acceptors (Lipinski definition) is 8. The largest absolute Gasteiger partial charge is 0.463 e. The quantitative estimate of drug-likeness (QED) is 0.517. The third-order valence-electron chi connectivity index (χ3n) is 2.24. The van der Waals surface area contributed by atoms with Crippen molar-refractivity contribution in [2.24, 2.45) is 0 Å². The van der Waals surface area contributed by atoms with Crippen LogP contribution in [0.5, 0.6) is 6.01 Å². The van der Waals surface area contributed by atoms with Gasteiger partial charge in [0.05, 0.1) is 13.2 Å². The topological polar surface area (TPSA) is 112 Å². The van der Waals surface area contributed by atoms with Gasteiger partial charge >= 0.3 is 6.01 Å². The Hall–Kier alpha value is -1.67. The smallest absolute Gasteiger partial charge is 0.323 e. The number of anilines is 2. The summed E-state index contributed by atoms with van der Waals surface area (Å²) in [5.74, 6) is 0.645. The van der Waals surface area contributed by atoms with Gasteiger partial charge in [-0.3, -0.25) is 0 Å². The molecule has 0 aliphatic heterocycles. The highest BCUT2D eigenvalue weighted by Gasteiger charge is 2.19. The van der Waals surface area contributed by atoms with Crippen LogP contribution in [0.3, 0.4) is 0 Å². The Balaban J connectivity index is 2.76. The predicted molar refractivity (Wildman–Crippen MR) is 71.4 cm³/mol. The van der Waals surface area contributed by atoms with Crippen LogP contribution in [-0.4, -0.2) is 57.6 Å². The van der Waals surface area contributed by atoms with Crippen molar-refractivity contribution < 1.29 is 14.9 Å². The zero-order valence-corrected chi connectivity index (χ0v) is 11.5. The second-order valence-electron chi connectivity index (χ2n) is 4.37. The van der Waals surface area contributed by atoms with Crippen molar-refractivity contribution >= 4 is 11.9 Å². The highest BCUT2D eigenvalue weighted by atomic mass is 16.5. The van der Waals surface area contributed by atoms with Gasteiger partial charge in [-0.1, -0.05) is 6.92 Å². The first-order chi connectivity index (χ1) is 9.00. The second kappa shape index (κ2) is 7.05. The van der Waals surface area contributed by atoms with Gasteiger partial charge in [0.2, 0.25) is 11.9 Å². The standard InChI is InChI=1S/C11H21N5O3/c1-4-5-19-10-15-8(12-3)14-9(16-10)13-6-11(2,18)7-17/h17-18H,4-7H2,1-3H3,(H2,12,13,14,15,16). The second-order valence-corrected chi connectivity index (χ2v) is 4.37. The lowest BCUT2D eigenvalue weighted by Crippen LogP contribution is -2.37. The molecule has 1 unspecified atom stereocenters. The number of nitrogens with zero attached hydrogens (tertiary/aromatic N) is 3. The van der Waals surface area contributed by atoms with Crippen LogP contribution in [0.15, 0.2) is 0 Å². The summed E-state index contributed by atoms with van der Waals surface area (Å²) in [5, 5.41) is 24.3. The normalized spacial score (nSPS) is 13.7. The first-order valence-corrected chi connectivity index (χ1v) is 6.14. The maximum Gasteiger partial charge on any atom is 0.323 e. The Bertz CT molecular complexity index is 400. The van der Waals surface area contributed by atoms with Crippen LogP contribution in [0.1, 0.15) is 20.3 Å². The minimum Gasteiger partial charge on any atom is -0.463 e. The van der Waals surface area contributed by atoms with E-state index < -0.39 is 5.60 Å². The van der Waals surface area contributed by atoms with Crippen LogP contribution in [-0.2, 0) is 0 Å². The Morgan fingerprint density at radius 2 is 1.95 bits per heavy atom. The zero-order chi connectivity index (χ0) is 14.3. The summed E-state index contributed by atoms with van der Waals surface area (Å²) in [6, 6.07) is 0.215. The highest BCUT2D eigenvalue weighted by Crippen LogP contribution is 2.12. The zero-order valence-electron chi connectivity index (χ0n) is 11.5. The summed E-state index contributed by atoms with van der Waals surface area (Å²) < 4.78 is 5.34. The van der Waals surface area contributed by atoms with E-state index in [0.29, 0.717) is 12.6 Å². The molecule has 1 heterocycles. The molecule has 0 saturated carbocycles. The third-order valence-corrected chi connectivity index (χ3v) is 2.24. The van der Waals surface area contributed by atoms with Crippen LogP contribution in [0.4, 0.5) is 11.9 Å². The van der Waals surface area contributed by atoms with Gasteiger partial charge in [0.1, 0.15) is 5.60 Å². The van der Waals surface area contributed by atoms with E-state index in [1.54, 1.807) is 7.05 Å². The number of nitrogens with one attached hydrogen (secondary N) is 2. The summed E-state index contributed by atoms with van der Waals surface area (Å²) in [6.45, 7) is 3.76. The molecule has 0 aliphatic carbocycles. The van der Waals surface area contributed by atoms with E-state index in [1.807, 2.05) is 6.92 Å². The fourth-order valence-corrected chi connectivity index (χ4v) is 1.13. The molecule has 0 fully saturated rings. The monoisotopic (exact) mass is 271 g/mol. The number of aromatic nitrogens is 3. The molecule has 0 amide bonds. The molecule has 0 aromatic carbocycles. The Morgan fingerprint density at radius 3 is 2.53 bits per heavy atom. The maximum absolute atomic E-state index is 9.69. The molecule has 1 rings (SSSR count). The van der Waals surface area contributed by atoms with Crippen molar-refractivity contribution in [1.82, 2.24) is 15.0 Å². The van der Waals surface area contributed by atoms with Gasteiger partial charge in [-0.15, -0.1) is 0 Å². The Kier molecular flexibility index (Phi) is 5.71. The van der Waals surface area contributed by atoms with Crippen LogP contribution < -0.4 is 15.4 Å². The van der Waals surface area contributed by atoms with E-state index >= 15 is 0 Å². The van der Waals surface area contributed by atoms with Crippen LogP contribution in [0.25, 0.3) is 0 Å². The molecule has 0 aliphatic rings. The average Bonchev–Trinajstić information content (AvgIpc) is 2.42. The fourth-order valence-electron chi connectivity index (χ4n) is 1.13. The van der Waals surface area contributed by atoms with E-state index in [0.717, 1.165) is 6.42 Å². The molecule has 0 bridgehead atoms. The van der Waals surface area contributed by atoms with E-state index in [4.69, 9.17) is 9.84 Å². The van der Waals surface area contributed by atoms with Gasteiger partial charge in [-0.05, 0) is 13.3 Å². The minimum absolute atomic E-state index is 0.115. The van der Waals surface area contributed by atoms with E-state index in [-0.39, 0.29) is 25.1 Å². The van der Waals surface area contributed by atoms with E-state index in [2.05, 4.69) is 25.6 Å². The van der Waals surface area contributed by atoms with Crippen LogP contribution in [0, 0.1) is 0 Å². The molecule has 8 heteroatoms. The Morgan fingerprint density at radius 1 is 1.26 bits per heavy atom. The molecular weight excluding hydrogens is 250 g/mol. The van der Waals surface area contributed by atoms with Crippen molar-refractivity contribution in [3.05, 3.63) is 0 Å². The SMILES string of the molecule is CCCOc1nc(NC)nc(NCC(C)(O)CO)n1. The van der Waals surface area contributed by atoms with Gasteiger partial charge in [0.15, 0.2) is 0 Å². The molecule has 0 radical (unpaired) electrons. The van der Waals surface area contributed by atoms with Crippen molar-refractivity contribution in [3.8, 4) is 6.01 Å². The van der Waals surface area contributed by atoms with Crippen molar-refractivity contribution in [3.63, 3.8) is 0 Å². The number of rotatable bonds is 8. The minimum atomic E-state index is -1.24. The van der Waals surface area contributed by atoms with Gasteiger partial charge in [-0.25, -0.2) is 0 Å². The van der Waals surface area contributed by atoms with Gasteiger partial charge < -0.3 is 25.6 Å². The molecular formula is C11H21N5O3. The van der Waals surface area contributed by atoms with Crippen molar-refractivity contribution in [1.29, 1.82) is 0 Å². The van der Waals surface area contributed by atoms with Crippen LogP contribution in [0.2, 0.25) is 0 Å². The molecule has 108 valence electrons. The number of hydrogen-bond donors (Lipinski definition) is 4. The molecule has 0 spiro atoms. The molecule has 1 aromatic heterocycles. The number of aliphatic hydroxyl groups excluding tert-OH is 1. The summed E-state index contributed by atoms with van der Waals surface area (Å²) >= 11 is 0. The van der Waals surface area contributed by atoms with Gasteiger partial charge in [-0.2, -0.15) is 15.0 Å².